The lowest BCUT2D eigenvalue weighted by atomic mass is 10.2. The van der Waals surface area contributed by atoms with E-state index in [0.717, 1.165) is 0 Å². The van der Waals surface area contributed by atoms with Crippen LogP contribution in [0.1, 0.15) is 17.3 Å². The number of rotatable bonds is 3. The average molecular weight is 311 g/mol. The lowest BCUT2D eigenvalue weighted by Gasteiger charge is -2.07. The fraction of sp³-hybridized carbons (Fsp3) is 0.182. The number of nitrogens with one attached hydrogen (secondary N) is 1. The van der Waals surface area contributed by atoms with Gasteiger partial charge >= 0.3 is 0 Å². The van der Waals surface area contributed by atoms with Gasteiger partial charge in [0.2, 0.25) is 5.89 Å². The van der Waals surface area contributed by atoms with Crippen LogP contribution in [0.2, 0.25) is 0 Å². The molecule has 0 saturated heterocycles. The van der Waals surface area contributed by atoms with Crippen LogP contribution < -0.4 is 5.32 Å². The molecule has 0 spiro atoms. The number of hydrogen-bond donors (Lipinski definition) is 1. The minimum atomic E-state index is -0.519. The van der Waals surface area contributed by atoms with Crippen molar-refractivity contribution in [2.24, 2.45) is 0 Å². The summed E-state index contributed by atoms with van der Waals surface area (Å²) in [5.74, 6) is 0.370. The molecule has 0 aliphatic rings. The van der Waals surface area contributed by atoms with E-state index in [0.29, 0.717) is 11.7 Å². The van der Waals surface area contributed by atoms with Gasteiger partial charge in [0.25, 0.3) is 0 Å². The predicted molar refractivity (Wildman–Crippen MR) is 65.2 cm³/mol. The Morgan fingerprint density at radius 1 is 1.56 bits per heavy atom. The van der Waals surface area contributed by atoms with Gasteiger partial charge in [-0.1, -0.05) is 5.16 Å². The van der Waals surface area contributed by atoms with Crippen LogP contribution in [0.15, 0.2) is 21.1 Å². The van der Waals surface area contributed by atoms with E-state index >= 15 is 0 Å². The fourth-order valence-corrected chi connectivity index (χ4v) is 1.79. The van der Waals surface area contributed by atoms with Crippen molar-refractivity contribution in [1.82, 2.24) is 10.1 Å². The van der Waals surface area contributed by atoms with Crippen molar-refractivity contribution in [2.75, 3.05) is 5.32 Å². The molecule has 0 unspecified atom stereocenters. The third-order valence-electron chi connectivity index (χ3n) is 2.21. The summed E-state index contributed by atoms with van der Waals surface area (Å²) in [6.45, 7) is 1.92. The van der Waals surface area contributed by atoms with Gasteiger partial charge in [-0.05, 0) is 28.1 Å². The van der Waals surface area contributed by atoms with Crippen LogP contribution in [-0.2, 0) is 6.54 Å². The first-order valence-electron chi connectivity index (χ1n) is 5.03. The van der Waals surface area contributed by atoms with Crippen LogP contribution in [0.5, 0.6) is 0 Å². The molecule has 0 amide bonds. The molecule has 2 aromatic rings. The second kappa shape index (κ2) is 5.14. The summed E-state index contributed by atoms with van der Waals surface area (Å²) in [5, 5.41) is 15.3. The van der Waals surface area contributed by atoms with Crippen molar-refractivity contribution < 1.29 is 8.91 Å². The number of nitriles is 1. The Morgan fingerprint density at radius 3 is 2.94 bits per heavy atom. The normalized spacial score (nSPS) is 10.1. The molecule has 7 heteroatoms. The minimum Gasteiger partial charge on any atom is -0.375 e. The molecule has 2 rings (SSSR count). The first-order valence-corrected chi connectivity index (χ1v) is 5.82. The van der Waals surface area contributed by atoms with E-state index in [9.17, 15) is 4.39 Å². The maximum Gasteiger partial charge on any atom is 0.223 e. The molecule has 92 valence electrons. The minimum absolute atomic E-state index is 0.138. The molecule has 0 radical (unpaired) electrons. The highest BCUT2D eigenvalue weighted by Crippen LogP contribution is 2.26. The number of aromatic nitrogens is 2. The van der Waals surface area contributed by atoms with E-state index in [1.54, 1.807) is 6.92 Å². The highest BCUT2D eigenvalue weighted by atomic mass is 79.9. The molecule has 1 aromatic carbocycles. The number of halogens is 2. The summed E-state index contributed by atoms with van der Waals surface area (Å²) in [7, 11) is 0. The van der Waals surface area contributed by atoms with Crippen molar-refractivity contribution >= 4 is 21.6 Å². The van der Waals surface area contributed by atoms with Gasteiger partial charge in [-0.3, -0.25) is 0 Å². The van der Waals surface area contributed by atoms with E-state index in [1.807, 2.05) is 6.07 Å². The molecule has 1 aromatic heterocycles. The molecule has 0 aliphatic heterocycles. The number of nitrogens with zero attached hydrogens (tertiary/aromatic N) is 3. The SMILES string of the molecule is Cc1nc(CNc2ccc(C#N)c(Br)c2F)no1. The van der Waals surface area contributed by atoms with Crippen molar-refractivity contribution in [3.8, 4) is 6.07 Å². The summed E-state index contributed by atoms with van der Waals surface area (Å²) in [6, 6.07) is 4.90. The number of benzene rings is 1. The first-order chi connectivity index (χ1) is 8.61. The molecule has 18 heavy (non-hydrogen) atoms. The van der Waals surface area contributed by atoms with Gasteiger partial charge in [0.05, 0.1) is 22.3 Å². The number of anilines is 1. The van der Waals surface area contributed by atoms with Crippen molar-refractivity contribution in [2.45, 2.75) is 13.5 Å². The Hall–Kier alpha value is -1.94. The van der Waals surface area contributed by atoms with E-state index < -0.39 is 5.82 Å². The Morgan fingerprint density at radius 2 is 2.33 bits per heavy atom. The van der Waals surface area contributed by atoms with Crippen molar-refractivity contribution in [1.29, 1.82) is 5.26 Å². The summed E-state index contributed by atoms with van der Waals surface area (Å²) >= 11 is 3.03. The summed E-state index contributed by atoms with van der Waals surface area (Å²) in [6.07, 6.45) is 0. The molecular formula is C11H8BrFN4O. The van der Waals surface area contributed by atoms with Crippen LogP contribution in [0.4, 0.5) is 10.1 Å². The molecular weight excluding hydrogens is 303 g/mol. The predicted octanol–water partition coefficient (Wildman–Crippen LogP) is 2.76. The molecule has 0 fully saturated rings. The number of aryl methyl sites for hydroxylation is 1. The largest absolute Gasteiger partial charge is 0.375 e. The molecule has 0 bridgehead atoms. The van der Waals surface area contributed by atoms with Gasteiger partial charge < -0.3 is 9.84 Å². The zero-order chi connectivity index (χ0) is 13.1. The Kier molecular flexibility index (Phi) is 3.58. The standard InChI is InChI=1S/C11H8BrFN4O/c1-6-16-9(17-18-6)5-15-8-3-2-7(4-14)10(12)11(8)13/h2-3,15H,5H2,1H3. The van der Waals surface area contributed by atoms with E-state index in [4.69, 9.17) is 9.78 Å². The summed E-state index contributed by atoms with van der Waals surface area (Å²) in [5.41, 5.74) is 0.511. The number of hydrogen-bond acceptors (Lipinski definition) is 5. The van der Waals surface area contributed by atoms with Crippen molar-refractivity contribution in [3.05, 3.63) is 39.7 Å². The average Bonchev–Trinajstić information content (AvgIpc) is 2.77. The van der Waals surface area contributed by atoms with Gasteiger partial charge in [-0.15, -0.1) is 0 Å². The second-order valence-electron chi connectivity index (χ2n) is 3.48. The third-order valence-corrected chi connectivity index (χ3v) is 2.98. The molecule has 5 nitrogen and oxygen atoms in total. The Labute approximate surface area is 111 Å². The molecule has 0 atom stereocenters. The molecule has 1 heterocycles. The van der Waals surface area contributed by atoms with E-state index in [2.05, 4.69) is 31.4 Å². The molecule has 0 saturated carbocycles. The summed E-state index contributed by atoms with van der Waals surface area (Å²) in [4.78, 5) is 3.98. The lowest BCUT2D eigenvalue weighted by molar-refractivity contribution is 0.388. The van der Waals surface area contributed by atoms with Crippen molar-refractivity contribution in [3.63, 3.8) is 0 Å². The van der Waals surface area contributed by atoms with Crippen LogP contribution in [0.3, 0.4) is 0 Å². The molecule has 1 N–H and O–H groups in total. The Balaban J connectivity index is 2.15. The van der Waals surface area contributed by atoms with Gasteiger partial charge in [-0.2, -0.15) is 10.2 Å². The van der Waals surface area contributed by atoms with Gasteiger partial charge in [-0.25, -0.2) is 4.39 Å². The topological polar surface area (TPSA) is 74.7 Å². The highest BCUT2D eigenvalue weighted by Gasteiger charge is 2.11. The lowest BCUT2D eigenvalue weighted by Crippen LogP contribution is -2.04. The second-order valence-corrected chi connectivity index (χ2v) is 4.28. The quantitative estimate of drug-likeness (QED) is 0.943. The Bertz CT molecular complexity index is 620. The van der Waals surface area contributed by atoms with E-state index in [1.165, 1.54) is 12.1 Å². The van der Waals surface area contributed by atoms with Gasteiger partial charge in [0.15, 0.2) is 11.6 Å². The summed E-state index contributed by atoms with van der Waals surface area (Å²) < 4.78 is 18.8. The van der Waals surface area contributed by atoms with Crippen LogP contribution in [0, 0.1) is 24.1 Å². The first kappa shape index (κ1) is 12.5. The van der Waals surface area contributed by atoms with Gasteiger partial charge in [0.1, 0.15) is 6.07 Å². The zero-order valence-electron chi connectivity index (χ0n) is 9.37. The van der Waals surface area contributed by atoms with Crippen LogP contribution in [-0.4, -0.2) is 10.1 Å². The third kappa shape index (κ3) is 2.49. The van der Waals surface area contributed by atoms with Crippen LogP contribution in [0.25, 0.3) is 0 Å². The fourth-order valence-electron chi connectivity index (χ4n) is 1.36. The highest BCUT2D eigenvalue weighted by molar-refractivity contribution is 9.10. The zero-order valence-corrected chi connectivity index (χ0v) is 11.0. The maximum absolute atomic E-state index is 13.8. The van der Waals surface area contributed by atoms with Gasteiger partial charge in [0, 0.05) is 6.92 Å². The van der Waals surface area contributed by atoms with E-state index in [-0.39, 0.29) is 22.3 Å². The monoisotopic (exact) mass is 310 g/mol. The van der Waals surface area contributed by atoms with Crippen LogP contribution >= 0.6 is 15.9 Å². The smallest absolute Gasteiger partial charge is 0.223 e. The molecule has 0 aliphatic carbocycles. The maximum atomic E-state index is 13.8.